The lowest BCUT2D eigenvalue weighted by Gasteiger charge is -2.18. The highest BCUT2D eigenvalue weighted by molar-refractivity contribution is 5.94. The fourth-order valence-electron chi connectivity index (χ4n) is 1.37. The number of hydrogen-bond acceptors (Lipinski definition) is 4. The van der Waals surface area contributed by atoms with Gasteiger partial charge in [0.05, 0.1) is 13.4 Å². The van der Waals surface area contributed by atoms with Crippen LogP contribution < -0.4 is 5.32 Å². The van der Waals surface area contributed by atoms with Gasteiger partial charge in [-0.1, -0.05) is 13.8 Å². The van der Waals surface area contributed by atoms with Crippen LogP contribution in [0.5, 0.6) is 0 Å². The number of furan rings is 1. The number of methoxy groups -OCH3 is 1. The van der Waals surface area contributed by atoms with Gasteiger partial charge in [0.25, 0.3) is 0 Å². The second-order valence-corrected chi connectivity index (χ2v) is 4.10. The molecule has 1 heterocycles. The minimum absolute atomic E-state index is 0.0431. The zero-order chi connectivity index (χ0) is 13.5. The molecule has 0 fully saturated rings. The van der Waals surface area contributed by atoms with Crippen LogP contribution in [0.15, 0.2) is 28.9 Å². The van der Waals surface area contributed by atoms with E-state index in [9.17, 15) is 9.59 Å². The lowest BCUT2D eigenvalue weighted by atomic mass is 10.0. The third-order valence-electron chi connectivity index (χ3n) is 2.36. The smallest absolute Gasteiger partial charge is 0.328 e. The number of nitrogens with one attached hydrogen (secondary N) is 1. The molecule has 0 spiro atoms. The van der Waals surface area contributed by atoms with E-state index in [0.717, 1.165) is 0 Å². The second kappa shape index (κ2) is 6.64. The van der Waals surface area contributed by atoms with Gasteiger partial charge in [-0.3, -0.25) is 4.79 Å². The molecular formula is C13H17NO4. The molecule has 0 bridgehead atoms. The Morgan fingerprint density at radius 1 is 1.44 bits per heavy atom. The first-order valence-electron chi connectivity index (χ1n) is 5.64. The van der Waals surface area contributed by atoms with Crippen molar-refractivity contribution in [3.63, 3.8) is 0 Å². The van der Waals surface area contributed by atoms with E-state index in [0.29, 0.717) is 5.76 Å². The van der Waals surface area contributed by atoms with Crippen molar-refractivity contribution in [2.75, 3.05) is 7.11 Å². The third kappa shape index (κ3) is 4.08. The molecule has 5 heteroatoms. The summed E-state index contributed by atoms with van der Waals surface area (Å²) in [6, 6.07) is 2.80. The van der Waals surface area contributed by atoms with Gasteiger partial charge in [0.2, 0.25) is 5.91 Å². The summed E-state index contributed by atoms with van der Waals surface area (Å²) >= 11 is 0. The Balaban J connectivity index is 2.59. The minimum atomic E-state index is -0.649. The summed E-state index contributed by atoms with van der Waals surface area (Å²) < 4.78 is 9.68. The van der Waals surface area contributed by atoms with E-state index in [-0.39, 0.29) is 11.8 Å². The Bertz CT molecular complexity index is 420. The molecule has 0 radical (unpaired) electrons. The number of carbonyl (C=O) groups is 2. The summed E-state index contributed by atoms with van der Waals surface area (Å²) in [4.78, 5) is 23.1. The SMILES string of the molecule is COC(=O)[C@@H](NC(=O)/C=C/c1ccco1)C(C)C. The maximum absolute atomic E-state index is 11.6. The molecule has 0 aliphatic rings. The number of amides is 1. The van der Waals surface area contributed by atoms with Gasteiger partial charge in [-0.25, -0.2) is 4.79 Å². The zero-order valence-corrected chi connectivity index (χ0v) is 10.7. The summed E-state index contributed by atoms with van der Waals surface area (Å²) in [6.45, 7) is 3.66. The average Bonchev–Trinajstić information content (AvgIpc) is 2.85. The van der Waals surface area contributed by atoms with Crippen molar-refractivity contribution < 1.29 is 18.7 Å². The highest BCUT2D eigenvalue weighted by Gasteiger charge is 2.23. The summed E-state index contributed by atoms with van der Waals surface area (Å²) in [5.74, 6) is -0.289. The van der Waals surface area contributed by atoms with Crippen molar-refractivity contribution in [1.82, 2.24) is 5.32 Å². The molecule has 0 aliphatic heterocycles. The Morgan fingerprint density at radius 3 is 2.67 bits per heavy atom. The predicted octanol–water partition coefficient (Wildman–Crippen LogP) is 1.61. The molecule has 1 aromatic heterocycles. The van der Waals surface area contributed by atoms with Gasteiger partial charge in [-0.2, -0.15) is 0 Å². The van der Waals surface area contributed by atoms with Gasteiger partial charge in [-0.15, -0.1) is 0 Å². The van der Waals surface area contributed by atoms with Crippen molar-refractivity contribution in [3.8, 4) is 0 Å². The van der Waals surface area contributed by atoms with Crippen LogP contribution in [0.25, 0.3) is 6.08 Å². The van der Waals surface area contributed by atoms with Gasteiger partial charge in [0, 0.05) is 6.08 Å². The highest BCUT2D eigenvalue weighted by atomic mass is 16.5. The van der Waals surface area contributed by atoms with Crippen LogP contribution in [0.3, 0.4) is 0 Å². The van der Waals surface area contributed by atoms with Crippen LogP contribution in [0.4, 0.5) is 0 Å². The Labute approximate surface area is 106 Å². The van der Waals surface area contributed by atoms with Gasteiger partial charge in [-0.05, 0) is 24.1 Å². The monoisotopic (exact) mass is 251 g/mol. The zero-order valence-electron chi connectivity index (χ0n) is 10.7. The van der Waals surface area contributed by atoms with Gasteiger partial charge < -0.3 is 14.5 Å². The second-order valence-electron chi connectivity index (χ2n) is 4.10. The van der Waals surface area contributed by atoms with E-state index in [1.165, 1.54) is 25.5 Å². The number of hydrogen-bond donors (Lipinski definition) is 1. The van der Waals surface area contributed by atoms with Crippen molar-refractivity contribution in [2.45, 2.75) is 19.9 Å². The Hall–Kier alpha value is -2.04. The molecule has 18 heavy (non-hydrogen) atoms. The molecule has 0 saturated heterocycles. The molecule has 0 unspecified atom stereocenters. The summed E-state index contributed by atoms with van der Waals surface area (Å²) in [5.41, 5.74) is 0. The maximum Gasteiger partial charge on any atom is 0.328 e. The number of carbonyl (C=O) groups excluding carboxylic acids is 2. The molecule has 1 N–H and O–H groups in total. The lowest BCUT2D eigenvalue weighted by Crippen LogP contribution is -2.44. The van der Waals surface area contributed by atoms with Crippen molar-refractivity contribution in [2.24, 2.45) is 5.92 Å². The largest absolute Gasteiger partial charge is 0.467 e. The van der Waals surface area contributed by atoms with Crippen molar-refractivity contribution in [1.29, 1.82) is 0 Å². The number of ether oxygens (including phenoxy) is 1. The van der Waals surface area contributed by atoms with Gasteiger partial charge in [0.1, 0.15) is 11.8 Å². The van der Waals surface area contributed by atoms with Gasteiger partial charge >= 0.3 is 5.97 Å². The van der Waals surface area contributed by atoms with E-state index >= 15 is 0 Å². The Kier molecular flexibility index (Phi) is 5.17. The molecular weight excluding hydrogens is 234 g/mol. The standard InChI is InChI=1S/C13H17NO4/c1-9(2)12(13(16)17-3)14-11(15)7-6-10-5-4-8-18-10/h4-9,12H,1-3H3,(H,14,15)/b7-6+/t12-/m0/s1. The topological polar surface area (TPSA) is 68.5 Å². The first-order chi connectivity index (χ1) is 8.54. The molecule has 5 nitrogen and oxygen atoms in total. The Morgan fingerprint density at radius 2 is 2.17 bits per heavy atom. The van der Waals surface area contributed by atoms with Crippen LogP contribution in [-0.4, -0.2) is 25.0 Å². The maximum atomic E-state index is 11.6. The van der Waals surface area contributed by atoms with Crippen LogP contribution >= 0.6 is 0 Å². The minimum Gasteiger partial charge on any atom is -0.467 e. The molecule has 1 aromatic rings. The van der Waals surface area contributed by atoms with E-state index < -0.39 is 12.0 Å². The van der Waals surface area contributed by atoms with Crippen molar-refractivity contribution in [3.05, 3.63) is 30.2 Å². The molecule has 98 valence electrons. The number of rotatable bonds is 5. The van der Waals surface area contributed by atoms with E-state index in [1.807, 2.05) is 13.8 Å². The first kappa shape index (κ1) is 14.0. The molecule has 1 amide bonds. The van der Waals surface area contributed by atoms with Crippen LogP contribution in [-0.2, 0) is 14.3 Å². The van der Waals surface area contributed by atoms with Crippen LogP contribution in [0.2, 0.25) is 0 Å². The van der Waals surface area contributed by atoms with Crippen LogP contribution in [0, 0.1) is 5.92 Å². The third-order valence-corrected chi connectivity index (χ3v) is 2.36. The average molecular weight is 251 g/mol. The van der Waals surface area contributed by atoms with Crippen molar-refractivity contribution >= 4 is 18.0 Å². The molecule has 0 aliphatic carbocycles. The summed E-state index contributed by atoms with van der Waals surface area (Å²) in [7, 11) is 1.29. The molecule has 1 atom stereocenters. The van der Waals surface area contributed by atoms with E-state index in [4.69, 9.17) is 4.42 Å². The molecule has 1 rings (SSSR count). The first-order valence-corrected chi connectivity index (χ1v) is 5.64. The van der Waals surface area contributed by atoms with E-state index in [1.54, 1.807) is 12.1 Å². The molecule has 0 saturated carbocycles. The highest BCUT2D eigenvalue weighted by Crippen LogP contribution is 2.05. The fourth-order valence-corrected chi connectivity index (χ4v) is 1.37. The van der Waals surface area contributed by atoms with Crippen LogP contribution in [0.1, 0.15) is 19.6 Å². The summed E-state index contributed by atoms with van der Waals surface area (Å²) in [6.07, 6.45) is 4.37. The lowest BCUT2D eigenvalue weighted by molar-refractivity contribution is -0.145. The predicted molar refractivity (Wildman–Crippen MR) is 66.5 cm³/mol. The normalized spacial score (nSPS) is 12.7. The molecule has 0 aromatic carbocycles. The van der Waals surface area contributed by atoms with E-state index in [2.05, 4.69) is 10.1 Å². The number of esters is 1. The summed E-state index contributed by atoms with van der Waals surface area (Å²) in [5, 5.41) is 2.59. The fraction of sp³-hybridized carbons (Fsp3) is 0.385. The quantitative estimate of drug-likeness (QED) is 0.637. The van der Waals surface area contributed by atoms with Gasteiger partial charge in [0.15, 0.2) is 0 Å².